The number of anilines is 1. The van der Waals surface area contributed by atoms with E-state index in [0.29, 0.717) is 5.92 Å². The third-order valence-corrected chi connectivity index (χ3v) is 3.89. The zero-order valence-corrected chi connectivity index (χ0v) is 14.7. The van der Waals surface area contributed by atoms with Gasteiger partial charge in [-0.15, -0.1) is 0 Å². The molecule has 23 heavy (non-hydrogen) atoms. The molecular formula is C18H30N4O. The van der Waals surface area contributed by atoms with E-state index in [2.05, 4.69) is 64.3 Å². The number of piperazine rings is 1. The maximum absolute atomic E-state index is 5.61. The van der Waals surface area contributed by atoms with Gasteiger partial charge in [0.05, 0.1) is 6.61 Å². The van der Waals surface area contributed by atoms with E-state index in [-0.39, 0.29) is 0 Å². The number of aliphatic imine (C=N–C) groups is 1. The summed E-state index contributed by atoms with van der Waals surface area (Å²) in [5.41, 5.74) is 1.30. The van der Waals surface area contributed by atoms with E-state index < -0.39 is 0 Å². The van der Waals surface area contributed by atoms with Crippen molar-refractivity contribution in [1.82, 2.24) is 10.2 Å². The van der Waals surface area contributed by atoms with E-state index in [1.165, 1.54) is 5.69 Å². The molecule has 5 heteroatoms. The zero-order valence-electron chi connectivity index (χ0n) is 14.7. The Morgan fingerprint density at radius 1 is 1.17 bits per heavy atom. The SMILES string of the molecule is CN=C(NCCOCC(C)C)N1CCN(c2ccccc2)CC1. The minimum Gasteiger partial charge on any atom is -0.379 e. The summed E-state index contributed by atoms with van der Waals surface area (Å²) in [5.74, 6) is 1.56. The lowest BCUT2D eigenvalue weighted by Crippen LogP contribution is -2.53. The largest absolute Gasteiger partial charge is 0.379 e. The topological polar surface area (TPSA) is 40.1 Å². The Labute approximate surface area is 140 Å². The number of para-hydroxylation sites is 1. The fraction of sp³-hybridized carbons (Fsp3) is 0.611. The van der Waals surface area contributed by atoms with E-state index in [9.17, 15) is 0 Å². The lowest BCUT2D eigenvalue weighted by atomic mass is 10.2. The molecule has 0 bridgehead atoms. The Morgan fingerprint density at radius 2 is 1.87 bits per heavy atom. The minimum atomic E-state index is 0.584. The van der Waals surface area contributed by atoms with Crippen LogP contribution in [0.5, 0.6) is 0 Å². The van der Waals surface area contributed by atoms with Gasteiger partial charge in [-0.3, -0.25) is 4.99 Å². The molecule has 0 atom stereocenters. The molecule has 1 saturated heterocycles. The predicted molar refractivity (Wildman–Crippen MR) is 97.2 cm³/mol. The highest BCUT2D eigenvalue weighted by Gasteiger charge is 2.19. The highest BCUT2D eigenvalue weighted by Crippen LogP contribution is 2.15. The summed E-state index contributed by atoms with van der Waals surface area (Å²) in [4.78, 5) is 9.15. The molecule has 1 heterocycles. The average molecular weight is 318 g/mol. The number of benzene rings is 1. The van der Waals surface area contributed by atoms with Gasteiger partial charge in [-0.1, -0.05) is 32.0 Å². The Balaban J connectivity index is 1.72. The van der Waals surface area contributed by atoms with E-state index in [4.69, 9.17) is 4.74 Å². The second-order valence-electron chi connectivity index (χ2n) is 6.25. The fourth-order valence-electron chi connectivity index (χ4n) is 2.70. The number of nitrogens with one attached hydrogen (secondary N) is 1. The number of guanidine groups is 1. The van der Waals surface area contributed by atoms with Crippen molar-refractivity contribution >= 4 is 11.6 Å². The molecule has 0 aromatic heterocycles. The number of hydrogen-bond donors (Lipinski definition) is 1. The molecule has 2 rings (SSSR count). The van der Waals surface area contributed by atoms with Gasteiger partial charge in [0, 0.05) is 52.1 Å². The maximum atomic E-state index is 5.61. The van der Waals surface area contributed by atoms with Crippen LogP contribution in [-0.2, 0) is 4.74 Å². The van der Waals surface area contributed by atoms with Crippen molar-refractivity contribution in [3.8, 4) is 0 Å². The highest BCUT2D eigenvalue weighted by molar-refractivity contribution is 5.80. The molecule has 0 aliphatic carbocycles. The Hall–Kier alpha value is -1.75. The smallest absolute Gasteiger partial charge is 0.193 e. The van der Waals surface area contributed by atoms with Crippen molar-refractivity contribution in [3.63, 3.8) is 0 Å². The van der Waals surface area contributed by atoms with Crippen LogP contribution >= 0.6 is 0 Å². The van der Waals surface area contributed by atoms with Gasteiger partial charge in [0.15, 0.2) is 5.96 Å². The fourth-order valence-corrected chi connectivity index (χ4v) is 2.70. The van der Waals surface area contributed by atoms with Crippen molar-refractivity contribution in [3.05, 3.63) is 30.3 Å². The standard InChI is InChI=1S/C18H30N4O/c1-16(2)15-23-14-9-20-18(19-3)22-12-10-21(11-13-22)17-7-5-4-6-8-17/h4-8,16H,9-15H2,1-3H3,(H,19,20). The first kappa shape index (κ1) is 17.6. The lowest BCUT2D eigenvalue weighted by molar-refractivity contribution is 0.114. The summed E-state index contributed by atoms with van der Waals surface area (Å²) in [6.45, 7) is 10.7. The van der Waals surface area contributed by atoms with Crippen LogP contribution in [0.1, 0.15) is 13.8 Å². The maximum Gasteiger partial charge on any atom is 0.193 e. The number of nitrogens with zero attached hydrogens (tertiary/aromatic N) is 3. The number of ether oxygens (including phenoxy) is 1. The van der Waals surface area contributed by atoms with Gasteiger partial charge in [0.2, 0.25) is 0 Å². The van der Waals surface area contributed by atoms with Crippen LogP contribution in [0, 0.1) is 5.92 Å². The van der Waals surface area contributed by atoms with Crippen LogP contribution in [-0.4, -0.2) is 63.8 Å². The lowest BCUT2D eigenvalue weighted by Gasteiger charge is -2.37. The molecule has 1 aromatic carbocycles. The van der Waals surface area contributed by atoms with Gasteiger partial charge in [0.25, 0.3) is 0 Å². The minimum absolute atomic E-state index is 0.584. The van der Waals surface area contributed by atoms with Crippen LogP contribution < -0.4 is 10.2 Å². The Kier molecular flexibility index (Phi) is 7.20. The highest BCUT2D eigenvalue weighted by atomic mass is 16.5. The summed E-state index contributed by atoms with van der Waals surface area (Å²) in [7, 11) is 1.85. The first-order chi connectivity index (χ1) is 11.2. The van der Waals surface area contributed by atoms with Crippen LogP contribution in [0.25, 0.3) is 0 Å². The molecule has 1 aliphatic rings. The van der Waals surface area contributed by atoms with Crippen molar-refractivity contribution in [2.24, 2.45) is 10.9 Å². The molecule has 0 radical (unpaired) electrons. The molecule has 0 spiro atoms. The number of rotatable bonds is 6. The van der Waals surface area contributed by atoms with Crippen molar-refractivity contribution in [2.45, 2.75) is 13.8 Å². The third-order valence-electron chi connectivity index (χ3n) is 3.89. The zero-order chi connectivity index (χ0) is 16.5. The van der Waals surface area contributed by atoms with E-state index in [0.717, 1.165) is 51.9 Å². The second-order valence-corrected chi connectivity index (χ2v) is 6.25. The Bertz CT molecular complexity index is 467. The monoisotopic (exact) mass is 318 g/mol. The summed E-state index contributed by atoms with van der Waals surface area (Å²) >= 11 is 0. The summed E-state index contributed by atoms with van der Waals surface area (Å²) in [6.07, 6.45) is 0. The molecule has 1 aliphatic heterocycles. The van der Waals surface area contributed by atoms with Gasteiger partial charge >= 0.3 is 0 Å². The molecule has 0 saturated carbocycles. The normalized spacial score (nSPS) is 16.1. The van der Waals surface area contributed by atoms with Crippen LogP contribution in [0.3, 0.4) is 0 Å². The van der Waals surface area contributed by atoms with Crippen molar-refractivity contribution in [1.29, 1.82) is 0 Å². The molecule has 0 amide bonds. The van der Waals surface area contributed by atoms with Gasteiger partial charge < -0.3 is 19.9 Å². The third kappa shape index (κ3) is 5.75. The molecule has 1 aromatic rings. The van der Waals surface area contributed by atoms with E-state index in [1.54, 1.807) is 0 Å². The summed E-state index contributed by atoms with van der Waals surface area (Å²) < 4.78 is 5.61. The first-order valence-electron chi connectivity index (χ1n) is 8.54. The number of hydrogen-bond acceptors (Lipinski definition) is 3. The van der Waals surface area contributed by atoms with E-state index >= 15 is 0 Å². The first-order valence-corrected chi connectivity index (χ1v) is 8.54. The molecule has 1 fully saturated rings. The van der Waals surface area contributed by atoms with Gasteiger partial charge in [-0.05, 0) is 18.1 Å². The molecule has 1 N–H and O–H groups in total. The van der Waals surface area contributed by atoms with Gasteiger partial charge in [-0.2, -0.15) is 0 Å². The van der Waals surface area contributed by atoms with Crippen LogP contribution in [0.4, 0.5) is 5.69 Å². The quantitative estimate of drug-likeness (QED) is 0.495. The molecular weight excluding hydrogens is 288 g/mol. The second kappa shape index (κ2) is 9.40. The average Bonchev–Trinajstić information content (AvgIpc) is 2.59. The van der Waals surface area contributed by atoms with Crippen LogP contribution in [0.2, 0.25) is 0 Å². The van der Waals surface area contributed by atoms with Crippen LogP contribution in [0.15, 0.2) is 35.3 Å². The predicted octanol–water partition coefficient (Wildman–Crippen LogP) is 2.06. The van der Waals surface area contributed by atoms with E-state index in [1.807, 2.05) is 7.05 Å². The van der Waals surface area contributed by atoms with Gasteiger partial charge in [0.1, 0.15) is 0 Å². The van der Waals surface area contributed by atoms with Crippen molar-refractivity contribution in [2.75, 3.05) is 57.9 Å². The molecule has 128 valence electrons. The van der Waals surface area contributed by atoms with Crippen molar-refractivity contribution < 1.29 is 4.74 Å². The molecule has 0 unspecified atom stereocenters. The summed E-state index contributed by atoms with van der Waals surface area (Å²) in [5, 5.41) is 3.40. The van der Waals surface area contributed by atoms with Gasteiger partial charge in [-0.25, -0.2) is 0 Å². The molecule has 5 nitrogen and oxygen atoms in total. The summed E-state index contributed by atoms with van der Waals surface area (Å²) in [6, 6.07) is 10.6. The Morgan fingerprint density at radius 3 is 2.48 bits per heavy atom.